The van der Waals surface area contributed by atoms with Gasteiger partial charge in [0.1, 0.15) is 23.3 Å². The Bertz CT molecular complexity index is 1000. The Labute approximate surface area is 227 Å². The second-order valence-electron chi connectivity index (χ2n) is 11.8. The van der Waals surface area contributed by atoms with Gasteiger partial charge in [-0.3, -0.25) is 4.79 Å². The lowest BCUT2D eigenvalue weighted by Crippen LogP contribution is -2.47. The summed E-state index contributed by atoms with van der Waals surface area (Å²) in [4.78, 5) is 39.8. The number of nitrogens with zero attached hydrogens (tertiary/aromatic N) is 1. The molecule has 206 valence electrons. The number of thiophene rings is 1. The van der Waals surface area contributed by atoms with Gasteiger partial charge in [-0.15, -0.1) is 11.3 Å². The minimum Gasteiger partial charge on any atom is -0.477 e. The smallest absolute Gasteiger partial charge is 0.348 e. The van der Waals surface area contributed by atoms with E-state index in [9.17, 15) is 19.6 Å². The highest BCUT2D eigenvalue weighted by atomic mass is 32.1. The van der Waals surface area contributed by atoms with Gasteiger partial charge in [0, 0.05) is 17.4 Å². The topological polar surface area (TPSA) is 87.1 Å². The van der Waals surface area contributed by atoms with E-state index in [2.05, 4.69) is 18.8 Å². The van der Waals surface area contributed by atoms with Gasteiger partial charge in [0.15, 0.2) is 0 Å². The van der Waals surface area contributed by atoms with E-state index in [1.54, 1.807) is 0 Å². The van der Waals surface area contributed by atoms with E-state index >= 15 is 0 Å². The first-order valence-corrected chi connectivity index (χ1v) is 16.7. The van der Waals surface area contributed by atoms with Crippen molar-refractivity contribution in [2.24, 2.45) is 17.3 Å². The maximum Gasteiger partial charge on any atom is 0.348 e. The Hall–Kier alpha value is -1.45. The lowest BCUT2D eigenvalue weighted by molar-refractivity contribution is -0.124. The molecule has 1 heterocycles. The van der Waals surface area contributed by atoms with E-state index < -0.39 is 13.7 Å². The molecule has 0 bridgehead atoms. The molecule has 0 unspecified atom stereocenters. The van der Waals surface area contributed by atoms with Crippen LogP contribution in [0.2, 0.25) is 0 Å². The van der Waals surface area contributed by atoms with Crippen LogP contribution in [0.1, 0.15) is 107 Å². The number of rotatable bonds is 8. The van der Waals surface area contributed by atoms with Gasteiger partial charge in [0.2, 0.25) is 5.91 Å². The molecule has 6 nitrogen and oxygen atoms in total. The first-order chi connectivity index (χ1) is 17.4. The summed E-state index contributed by atoms with van der Waals surface area (Å²) in [6.07, 6.45) is 7.98. The quantitative estimate of drug-likeness (QED) is 0.264. The molecule has 0 aromatic carbocycles. The highest BCUT2D eigenvalue weighted by molar-refractivity contribution is 7.65. The summed E-state index contributed by atoms with van der Waals surface area (Å²) < 4.78 is 6.18. The predicted octanol–water partition coefficient (Wildman–Crippen LogP) is 7.21. The van der Waals surface area contributed by atoms with Crippen LogP contribution >= 0.6 is 19.1 Å². The Morgan fingerprint density at radius 2 is 1.68 bits per heavy atom. The van der Waals surface area contributed by atoms with E-state index in [0.29, 0.717) is 28.8 Å². The molecule has 2 saturated carbocycles. The van der Waals surface area contributed by atoms with Crippen LogP contribution in [-0.2, 0) is 9.32 Å². The number of hydrogen-bond acceptors (Lipinski definition) is 5. The Kier molecular flexibility index (Phi) is 10.3. The minimum absolute atomic E-state index is 0.0170. The summed E-state index contributed by atoms with van der Waals surface area (Å²) in [7, 11) is -2.36. The Morgan fingerprint density at radius 1 is 1.08 bits per heavy atom. The van der Waals surface area contributed by atoms with Crippen LogP contribution in [0.5, 0.6) is 0 Å². The molecule has 2 aliphatic rings. The zero-order valence-corrected chi connectivity index (χ0v) is 25.1. The summed E-state index contributed by atoms with van der Waals surface area (Å²) in [5.41, 5.74) is 0.289. The van der Waals surface area contributed by atoms with Crippen LogP contribution < -0.4 is 4.90 Å². The third kappa shape index (κ3) is 8.02. The summed E-state index contributed by atoms with van der Waals surface area (Å²) in [6, 6.07) is 1.73. The van der Waals surface area contributed by atoms with Crippen molar-refractivity contribution in [1.82, 2.24) is 0 Å². The predicted molar refractivity (Wildman–Crippen MR) is 154 cm³/mol. The van der Waals surface area contributed by atoms with Crippen LogP contribution in [0.3, 0.4) is 0 Å². The number of aromatic carboxylic acids is 1. The summed E-state index contributed by atoms with van der Waals surface area (Å²) in [6.45, 7) is 12.2. The SMILES string of the molecule is CC[P+](O)(CC)OC1CCC(N(C(=O)C2CCC(C)CC2)c2cc(C#CC(C)(C)C)sc2C(=O)O)CC1. The highest BCUT2D eigenvalue weighted by Gasteiger charge is 2.41. The van der Waals surface area contributed by atoms with Crippen molar-refractivity contribution in [2.45, 2.75) is 105 Å². The molecule has 2 fully saturated rings. The fraction of sp³-hybridized carbons (Fsp3) is 0.724. The van der Waals surface area contributed by atoms with Gasteiger partial charge in [-0.1, -0.05) is 18.8 Å². The molecule has 0 spiro atoms. The molecule has 0 saturated heterocycles. The molecular formula is C29H45NO5PS+. The van der Waals surface area contributed by atoms with Crippen molar-refractivity contribution in [2.75, 3.05) is 17.2 Å². The average molecular weight is 551 g/mol. The van der Waals surface area contributed by atoms with Gasteiger partial charge in [-0.05, 0) is 98.0 Å². The average Bonchev–Trinajstić information content (AvgIpc) is 3.28. The second-order valence-corrected chi connectivity index (χ2v) is 16.0. The molecule has 0 radical (unpaired) electrons. The van der Waals surface area contributed by atoms with Gasteiger partial charge in [0.05, 0.1) is 10.6 Å². The van der Waals surface area contributed by atoms with E-state index in [0.717, 1.165) is 62.7 Å². The molecule has 0 atom stereocenters. The summed E-state index contributed by atoms with van der Waals surface area (Å²) in [5.74, 6) is 5.93. The Balaban J connectivity index is 1.92. The van der Waals surface area contributed by atoms with Gasteiger partial charge in [0.25, 0.3) is 7.72 Å². The normalized spacial score (nSPS) is 24.7. The Morgan fingerprint density at radius 3 is 2.19 bits per heavy atom. The highest BCUT2D eigenvalue weighted by Crippen LogP contribution is 2.57. The standard InChI is InChI=1S/C29H44NO5PS/c1-7-36(34,8-2)35-23-15-13-22(14-16-23)30(27(31)21-11-9-20(3)10-12-21)25-19-24(17-18-29(4,5)6)37-26(25)28(32)33/h19-23,34H,7-16H2,1-6H3/p+1. The molecule has 2 aliphatic carbocycles. The van der Waals surface area contributed by atoms with Crippen LogP contribution in [0, 0.1) is 29.1 Å². The van der Waals surface area contributed by atoms with Crippen molar-refractivity contribution in [1.29, 1.82) is 0 Å². The number of amides is 1. The number of carboxylic acids is 1. The number of anilines is 1. The van der Waals surface area contributed by atoms with Crippen LogP contribution in [0.25, 0.3) is 0 Å². The third-order valence-electron chi connectivity index (χ3n) is 7.67. The molecule has 8 heteroatoms. The number of carboxylic acid groups (broad SMARTS) is 1. The fourth-order valence-corrected chi connectivity index (χ4v) is 7.64. The lowest BCUT2D eigenvalue weighted by atomic mass is 9.81. The molecule has 3 rings (SSSR count). The monoisotopic (exact) mass is 550 g/mol. The van der Waals surface area contributed by atoms with E-state index in [1.807, 2.05) is 45.6 Å². The molecule has 0 aliphatic heterocycles. The van der Waals surface area contributed by atoms with Crippen molar-refractivity contribution in [3.05, 3.63) is 15.8 Å². The zero-order chi connectivity index (χ0) is 27.4. The zero-order valence-electron chi connectivity index (χ0n) is 23.4. The van der Waals surface area contributed by atoms with Crippen molar-refractivity contribution < 1.29 is 24.1 Å². The van der Waals surface area contributed by atoms with Gasteiger partial charge < -0.3 is 10.0 Å². The van der Waals surface area contributed by atoms with Crippen LogP contribution in [0.15, 0.2) is 6.07 Å². The van der Waals surface area contributed by atoms with Gasteiger partial charge >= 0.3 is 5.97 Å². The van der Waals surface area contributed by atoms with Crippen LogP contribution in [0.4, 0.5) is 5.69 Å². The number of hydrogen-bond donors (Lipinski definition) is 2. The maximum absolute atomic E-state index is 14.0. The third-order valence-corrected chi connectivity index (χ3v) is 11.4. The number of carbonyl (C=O) groups is 2. The van der Waals surface area contributed by atoms with Crippen molar-refractivity contribution in [3.8, 4) is 11.8 Å². The largest absolute Gasteiger partial charge is 0.477 e. The fourth-order valence-electron chi connectivity index (χ4n) is 5.28. The molecule has 1 aromatic rings. The summed E-state index contributed by atoms with van der Waals surface area (Å²) in [5, 5.41) is 10.1. The van der Waals surface area contributed by atoms with Gasteiger partial charge in [-0.25, -0.2) is 14.2 Å². The number of carbonyl (C=O) groups excluding carboxylic acids is 1. The van der Waals surface area contributed by atoms with Crippen LogP contribution in [-0.4, -0.2) is 46.3 Å². The lowest BCUT2D eigenvalue weighted by Gasteiger charge is -2.39. The first-order valence-electron chi connectivity index (χ1n) is 13.9. The summed E-state index contributed by atoms with van der Waals surface area (Å²) >= 11 is 1.16. The van der Waals surface area contributed by atoms with Crippen molar-refractivity contribution in [3.63, 3.8) is 0 Å². The molecule has 2 N–H and O–H groups in total. The molecule has 37 heavy (non-hydrogen) atoms. The van der Waals surface area contributed by atoms with Gasteiger partial charge in [-0.2, -0.15) is 0 Å². The molecular weight excluding hydrogens is 505 g/mol. The van der Waals surface area contributed by atoms with E-state index in [1.165, 1.54) is 0 Å². The second kappa shape index (κ2) is 12.6. The van der Waals surface area contributed by atoms with Crippen molar-refractivity contribution >= 4 is 36.6 Å². The van der Waals surface area contributed by atoms with E-state index in [-0.39, 0.29) is 34.3 Å². The van der Waals surface area contributed by atoms with E-state index in [4.69, 9.17) is 4.52 Å². The molecule has 1 aromatic heterocycles. The first kappa shape index (κ1) is 30.1. The maximum atomic E-state index is 14.0. The molecule has 1 amide bonds. The minimum atomic E-state index is -2.36.